The first-order valence-electron chi connectivity index (χ1n) is 7.52. The molecule has 0 unspecified atom stereocenters. The van der Waals surface area contributed by atoms with E-state index in [-0.39, 0.29) is 5.69 Å². The molecule has 0 radical (unpaired) electrons. The Morgan fingerprint density at radius 1 is 1.31 bits per heavy atom. The van der Waals surface area contributed by atoms with Crippen LogP contribution in [0.15, 0.2) is 47.5 Å². The highest BCUT2D eigenvalue weighted by Crippen LogP contribution is 2.39. The Balaban J connectivity index is 1.91. The number of thiophene rings is 1. The van der Waals surface area contributed by atoms with Crippen LogP contribution in [0.5, 0.6) is 0 Å². The molecule has 4 rings (SSSR count). The highest BCUT2D eigenvalue weighted by atomic mass is 35.5. The van der Waals surface area contributed by atoms with Gasteiger partial charge in [-0.1, -0.05) is 29.8 Å². The molecule has 1 amide bonds. The number of amides is 1. The molecule has 2 N–H and O–H groups in total. The van der Waals surface area contributed by atoms with E-state index in [2.05, 4.69) is 15.2 Å². The van der Waals surface area contributed by atoms with E-state index in [9.17, 15) is 4.79 Å². The van der Waals surface area contributed by atoms with E-state index in [1.807, 2.05) is 36.4 Å². The Morgan fingerprint density at radius 2 is 2.19 bits per heavy atom. The first-order chi connectivity index (χ1) is 12.6. The Kier molecular flexibility index (Phi) is 4.73. The molecule has 0 saturated heterocycles. The van der Waals surface area contributed by atoms with Crippen LogP contribution in [0.4, 0.5) is 5.82 Å². The molecule has 2 aromatic heterocycles. The fourth-order valence-electron chi connectivity index (χ4n) is 2.43. The first-order valence-corrected chi connectivity index (χ1v) is 9.46. The number of fused-ring (bicyclic) bond motifs is 1. The van der Waals surface area contributed by atoms with Gasteiger partial charge in [-0.2, -0.15) is 0 Å². The summed E-state index contributed by atoms with van der Waals surface area (Å²) in [5, 5.41) is 10.1. The van der Waals surface area contributed by atoms with Crippen LogP contribution in [-0.2, 0) is 4.18 Å². The van der Waals surface area contributed by atoms with Crippen LogP contribution >= 0.6 is 35.0 Å². The molecule has 1 aliphatic heterocycles. The summed E-state index contributed by atoms with van der Waals surface area (Å²) >= 11 is 8.67. The van der Waals surface area contributed by atoms with E-state index in [4.69, 9.17) is 21.5 Å². The lowest BCUT2D eigenvalue weighted by molar-refractivity contribution is 0.0996. The molecule has 1 aliphatic rings. The zero-order chi connectivity index (χ0) is 18.1. The van der Waals surface area contributed by atoms with Gasteiger partial charge in [0.1, 0.15) is 5.04 Å². The Bertz CT molecular complexity index is 1080. The third kappa shape index (κ3) is 3.36. The van der Waals surface area contributed by atoms with Crippen LogP contribution in [0.1, 0.15) is 10.5 Å². The molecule has 0 aliphatic carbocycles. The summed E-state index contributed by atoms with van der Waals surface area (Å²) in [6.07, 6.45) is 3.72. The maximum Gasteiger partial charge on any atom is 0.270 e. The number of carbonyl (C=O) groups excluding carboxylic acids is 1. The molecule has 3 aromatic rings. The number of halogens is 1. The van der Waals surface area contributed by atoms with Crippen molar-refractivity contribution in [3.63, 3.8) is 0 Å². The maximum absolute atomic E-state index is 11.8. The Morgan fingerprint density at radius 3 is 2.92 bits per heavy atom. The minimum atomic E-state index is -0.628. The normalized spacial score (nSPS) is 15.7. The van der Waals surface area contributed by atoms with Crippen molar-refractivity contribution in [1.82, 2.24) is 10.2 Å². The van der Waals surface area contributed by atoms with E-state index in [1.165, 1.54) is 23.4 Å². The van der Waals surface area contributed by atoms with Gasteiger partial charge in [0.15, 0.2) is 11.5 Å². The fraction of sp³-hybridized carbons (Fsp3) is 0.0588. The number of nitrogens with two attached hydrogens (primary N) is 1. The summed E-state index contributed by atoms with van der Waals surface area (Å²) in [6, 6.07) is 9.40. The molecular weight excluding hydrogens is 392 g/mol. The number of carbonyl (C=O) groups is 1. The monoisotopic (exact) mass is 402 g/mol. The molecule has 6 nitrogen and oxygen atoms in total. The molecular formula is C17H11ClN4O2S2. The zero-order valence-electron chi connectivity index (χ0n) is 13.2. The predicted molar refractivity (Wildman–Crippen MR) is 106 cm³/mol. The molecule has 0 bridgehead atoms. The summed E-state index contributed by atoms with van der Waals surface area (Å²) in [5.74, 6) is -0.219. The third-order valence-corrected chi connectivity index (χ3v) is 5.64. The topological polar surface area (TPSA) is 90.5 Å². The Hall–Kier alpha value is -2.26. The minimum Gasteiger partial charge on any atom is -0.364 e. The van der Waals surface area contributed by atoms with E-state index in [0.717, 1.165) is 10.4 Å². The van der Waals surface area contributed by atoms with Crippen LogP contribution in [0.3, 0.4) is 0 Å². The molecule has 3 heterocycles. The standard InChI is InChI=1S/C17H11ClN4O2S2/c18-10-4-1-3-9(7-10)12-8-11-15(25-12)14(16(19)23)21-22-17(11)20-13-5-2-6-24-26-13/h1-5,7-8H,6H2,(H2,19,23). The van der Waals surface area contributed by atoms with Gasteiger partial charge in [0, 0.05) is 27.3 Å². The quantitative estimate of drug-likeness (QED) is 0.656. The van der Waals surface area contributed by atoms with Crippen LogP contribution in [-0.4, -0.2) is 27.8 Å². The second kappa shape index (κ2) is 7.16. The number of rotatable bonds is 3. The van der Waals surface area contributed by atoms with Gasteiger partial charge in [0.25, 0.3) is 5.91 Å². The van der Waals surface area contributed by atoms with Gasteiger partial charge < -0.3 is 9.92 Å². The van der Waals surface area contributed by atoms with Crippen molar-refractivity contribution < 1.29 is 8.98 Å². The fourth-order valence-corrected chi connectivity index (χ4v) is 4.30. The van der Waals surface area contributed by atoms with Gasteiger partial charge in [-0.15, -0.1) is 21.5 Å². The number of nitrogens with zero attached hydrogens (tertiary/aromatic N) is 3. The van der Waals surface area contributed by atoms with Crippen LogP contribution < -0.4 is 5.73 Å². The third-order valence-electron chi connectivity index (χ3n) is 3.56. The van der Waals surface area contributed by atoms with Gasteiger partial charge in [-0.05, 0) is 29.8 Å². The molecule has 0 atom stereocenters. The zero-order valence-corrected chi connectivity index (χ0v) is 15.6. The Labute approximate surface area is 161 Å². The molecule has 0 saturated carbocycles. The summed E-state index contributed by atoms with van der Waals surface area (Å²) < 4.78 is 5.93. The molecule has 9 heteroatoms. The predicted octanol–water partition coefficient (Wildman–Crippen LogP) is 4.38. The number of hydrogen-bond donors (Lipinski definition) is 1. The number of primary amides is 1. The highest BCUT2D eigenvalue weighted by Gasteiger charge is 2.18. The number of aromatic nitrogens is 2. The van der Waals surface area contributed by atoms with Crippen molar-refractivity contribution in [2.45, 2.75) is 0 Å². The van der Waals surface area contributed by atoms with Crippen molar-refractivity contribution in [3.8, 4) is 10.4 Å². The van der Waals surface area contributed by atoms with Crippen molar-refractivity contribution >= 4 is 61.8 Å². The van der Waals surface area contributed by atoms with E-state index in [1.54, 1.807) is 6.07 Å². The van der Waals surface area contributed by atoms with Gasteiger partial charge in [0.2, 0.25) is 0 Å². The van der Waals surface area contributed by atoms with Gasteiger partial charge >= 0.3 is 0 Å². The van der Waals surface area contributed by atoms with E-state index in [0.29, 0.717) is 32.6 Å². The molecule has 0 spiro atoms. The maximum atomic E-state index is 11.8. The number of hydrogen-bond acceptors (Lipinski definition) is 7. The second-order valence-electron chi connectivity index (χ2n) is 5.32. The minimum absolute atomic E-state index is 0.130. The van der Waals surface area contributed by atoms with Crippen LogP contribution in [0, 0.1) is 0 Å². The van der Waals surface area contributed by atoms with Gasteiger partial charge in [-0.25, -0.2) is 4.99 Å². The summed E-state index contributed by atoms with van der Waals surface area (Å²) in [4.78, 5) is 17.2. The number of aliphatic imine (C=N–C) groups is 1. The largest absolute Gasteiger partial charge is 0.364 e. The SMILES string of the molecule is NC(=O)c1nnc(N=C2C=CCOS2)c2cc(-c3cccc(Cl)c3)sc12. The second-order valence-corrected chi connectivity index (χ2v) is 7.63. The average molecular weight is 403 g/mol. The van der Waals surface area contributed by atoms with Crippen LogP contribution in [0.25, 0.3) is 20.5 Å². The van der Waals surface area contributed by atoms with Crippen molar-refractivity contribution in [3.05, 3.63) is 53.2 Å². The van der Waals surface area contributed by atoms with E-state index >= 15 is 0 Å². The lowest BCUT2D eigenvalue weighted by Gasteiger charge is -2.05. The smallest absolute Gasteiger partial charge is 0.270 e. The lowest BCUT2D eigenvalue weighted by Crippen LogP contribution is -2.13. The van der Waals surface area contributed by atoms with Gasteiger partial charge in [0.05, 0.1) is 11.3 Å². The van der Waals surface area contributed by atoms with Crippen molar-refractivity contribution in [2.24, 2.45) is 10.7 Å². The van der Waals surface area contributed by atoms with Gasteiger partial charge in [-0.3, -0.25) is 4.79 Å². The molecule has 1 aromatic carbocycles. The lowest BCUT2D eigenvalue weighted by atomic mass is 10.1. The first kappa shape index (κ1) is 17.2. The molecule has 26 heavy (non-hydrogen) atoms. The molecule has 0 fully saturated rings. The van der Waals surface area contributed by atoms with Crippen molar-refractivity contribution in [1.29, 1.82) is 0 Å². The summed E-state index contributed by atoms with van der Waals surface area (Å²) in [5.41, 5.74) is 6.52. The van der Waals surface area contributed by atoms with Crippen molar-refractivity contribution in [2.75, 3.05) is 6.61 Å². The number of benzene rings is 1. The summed E-state index contributed by atoms with van der Waals surface area (Å²) in [7, 11) is 0. The van der Waals surface area contributed by atoms with E-state index < -0.39 is 5.91 Å². The van der Waals surface area contributed by atoms with Crippen LogP contribution in [0.2, 0.25) is 5.02 Å². The average Bonchev–Trinajstić information content (AvgIpc) is 3.08. The molecule has 130 valence electrons. The highest BCUT2D eigenvalue weighted by molar-refractivity contribution is 8.10. The summed E-state index contributed by atoms with van der Waals surface area (Å²) in [6.45, 7) is 0.531.